The number of hydrogen-bond acceptors (Lipinski definition) is 5. The second kappa shape index (κ2) is 7.64. The molecular weight excluding hydrogens is 360 g/mol. The van der Waals surface area contributed by atoms with E-state index < -0.39 is 36.8 Å². The van der Waals surface area contributed by atoms with Crippen LogP contribution in [-0.4, -0.2) is 41.7 Å². The Hall–Kier alpha value is -3.48. The molecule has 2 aromatic rings. The fourth-order valence-corrected chi connectivity index (χ4v) is 3.26. The molecule has 0 unspecified atom stereocenters. The zero-order chi connectivity index (χ0) is 20.4. The van der Waals surface area contributed by atoms with Crippen molar-refractivity contribution >= 4 is 29.4 Å². The summed E-state index contributed by atoms with van der Waals surface area (Å²) in [4.78, 5) is 49.4. The summed E-state index contributed by atoms with van der Waals surface area (Å²) in [5.74, 6) is -2.42. The second-order valence-corrected chi connectivity index (χ2v) is 6.72. The predicted molar refractivity (Wildman–Crippen MR) is 102 cm³/mol. The van der Waals surface area contributed by atoms with Crippen LogP contribution in [0.4, 0.5) is 5.69 Å². The summed E-state index contributed by atoms with van der Waals surface area (Å²) in [6.45, 7) is 4.68. The van der Waals surface area contributed by atoms with Crippen molar-refractivity contribution in [3.63, 3.8) is 0 Å². The molecule has 144 valence electrons. The number of aryl methyl sites for hydroxylation is 3. The lowest BCUT2D eigenvalue weighted by molar-refractivity contribution is -0.147. The molecule has 1 N–H and O–H groups in total. The third-order valence-corrected chi connectivity index (χ3v) is 4.47. The van der Waals surface area contributed by atoms with E-state index in [1.807, 2.05) is 32.9 Å². The molecule has 1 heterocycles. The summed E-state index contributed by atoms with van der Waals surface area (Å²) < 4.78 is 4.94. The molecule has 0 bridgehead atoms. The van der Waals surface area contributed by atoms with Crippen molar-refractivity contribution in [1.82, 2.24) is 4.90 Å². The van der Waals surface area contributed by atoms with Crippen LogP contribution in [0.15, 0.2) is 36.4 Å². The number of fused-ring (bicyclic) bond motifs is 1. The van der Waals surface area contributed by atoms with E-state index in [1.165, 1.54) is 12.1 Å². The highest BCUT2D eigenvalue weighted by atomic mass is 16.5. The van der Waals surface area contributed by atoms with Crippen LogP contribution in [0.5, 0.6) is 0 Å². The zero-order valence-corrected chi connectivity index (χ0v) is 15.9. The van der Waals surface area contributed by atoms with E-state index >= 15 is 0 Å². The maximum atomic E-state index is 12.2. The Kier molecular flexibility index (Phi) is 5.26. The molecule has 3 rings (SSSR count). The van der Waals surface area contributed by atoms with Gasteiger partial charge in [0, 0.05) is 5.69 Å². The molecule has 0 aromatic heterocycles. The highest BCUT2D eigenvalue weighted by Crippen LogP contribution is 2.23. The largest absolute Gasteiger partial charge is 0.454 e. The SMILES string of the molecule is Cc1cc(C)c(NC(=O)COC(=O)CN2C(=O)c3ccccc3C2=O)c(C)c1. The second-order valence-electron chi connectivity index (χ2n) is 6.72. The summed E-state index contributed by atoms with van der Waals surface area (Å²) in [6.07, 6.45) is 0. The Morgan fingerprint density at radius 1 is 0.964 bits per heavy atom. The molecule has 0 radical (unpaired) electrons. The number of imide groups is 1. The predicted octanol–water partition coefficient (Wildman–Crippen LogP) is 2.39. The molecule has 3 amide bonds. The van der Waals surface area contributed by atoms with Crippen LogP contribution >= 0.6 is 0 Å². The van der Waals surface area contributed by atoms with Crippen LogP contribution in [0.3, 0.4) is 0 Å². The standard InChI is InChI=1S/C21H20N2O5/c1-12-8-13(2)19(14(3)9-12)22-17(24)11-28-18(25)10-23-20(26)15-6-4-5-7-16(15)21(23)27/h4-9H,10-11H2,1-3H3,(H,22,24). The monoisotopic (exact) mass is 380 g/mol. The Morgan fingerprint density at radius 2 is 1.50 bits per heavy atom. The van der Waals surface area contributed by atoms with Gasteiger partial charge in [-0.25, -0.2) is 0 Å². The van der Waals surface area contributed by atoms with Crippen molar-refractivity contribution in [2.24, 2.45) is 0 Å². The molecule has 0 fully saturated rings. The van der Waals surface area contributed by atoms with E-state index in [0.29, 0.717) is 5.69 Å². The van der Waals surface area contributed by atoms with Gasteiger partial charge in [0.25, 0.3) is 17.7 Å². The Morgan fingerprint density at radius 3 is 2.04 bits per heavy atom. The third-order valence-electron chi connectivity index (χ3n) is 4.47. The number of benzene rings is 2. The molecule has 1 aliphatic heterocycles. The Bertz CT molecular complexity index is 938. The van der Waals surface area contributed by atoms with Crippen molar-refractivity contribution in [3.05, 3.63) is 64.2 Å². The van der Waals surface area contributed by atoms with Crippen molar-refractivity contribution < 1.29 is 23.9 Å². The van der Waals surface area contributed by atoms with E-state index in [1.54, 1.807) is 12.1 Å². The average Bonchev–Trinajstić information content (AvgIpc) is 2.88. The average molecular weight is 380 g/mol. The first-order valence-electron chi connectivity index (χ1n) is 8.76. The number of esters is 1. The first-order chi connectivity index (χ1) is 13.3. The number of carbonyl (C=O) groups is 4. The number of rotatable bonds is 5. The van der Waals surface area contributed by atoms with Gasteiger partial charge in [-0.1, -0.05) is 29.8 Å². The highest BCUT2D eigenvalue weighted by molar-refractivity contribution is 6.22. The van der Waals surface area contributed by atoms with Gasteiger partial charge in [0.2, 0.25) is 0 Å². The quantitative estimate of drug-likeness (QED) is 0.635. The van der Waals surface area contributed by atoms with Crippen LogP contribution in [0, 0.1) is 20.8 Å². The van der Waals surface area contributed by atoms with E-state index in [2.05, 4.69) is 5.32 Å². The third kappa shape index (κ3) is 3.78. The van der Waals surface area contributed by atoms with Crippen molar-refractivity contribution in [3.8, 4) is 0 Å². The highest BCUT2D eigenvalue weighted by Gasteiger charge is 2.36. The van der Waals surface area contributed by atoms with Crippen molar-refractivity contribution in [2.45, 2.75) is 20.8 Å². The summed E-state index contributed by atoms with van der Waals surface area (Å²) in [6, 6.07) is 10.2. The minimum atomic E-state index is -0.831. The van der Waals surface area contributed by atoms with E-state index in [9.17, 15) is 19.2 Å². The summed E-state index contributed by atoms with van der Waals surface area (Å²) in [5.41, 5.74) is 4.07. The topological polar surface area (TPSA) is 92.8 Å². The number of nitrogens with one attached hydrogen (secondary N) is 1. The normalized spacial score (nSPS) is 12.8. The minimum absolute atomic E-state index is 0.253. The van der Waals surface area contributed by atoms with E-state index in [0.717, 1.165) is 21.6 Å². The number of amides is 3. The van der Waals surface area contributed by atoms with Gasteiger partial charge in [0.1, 0.15) is 6.54 Å². The number of carbonyl (C=O) groups excluding carboxylic acids is 4. The van der Waals surface area contributed by atoms with Gasteiger partial charge in [0.05, 0.1) is 11.1 Å². The summed E-state index contributed by atoms with van der Waals surface area (Å²) >= 11 is 0. The molecule has 0 saturated heterocycles. The van der Waals surface area contributed by atoms with Gasteiger partial charge in [0.15, 0.2) is 6.61 Å². The molecule has 2 aromatic carbocycles. The maximum absolute atomic E-state index is 12.2. The van der Waals surface area contributed by atoms with E-state index in [4.69, 9.17) is 4.74 Å². The fourth-order valence-electron chi connectivity index (χ4n) is 3.26. The number of anilines is 1. The molecular formula is C21H20N2O5. The van der Waals surface area contributed by atoms with Gasteiger partial charge in [-0.3, -0.25) is 24.1 Å². The smallest absolute Gasteiger partial charge is 0.326 e. The Labute approximate surface area is 162 Å². The van der Waals surface area contributed by atoms with Crippen LogP contribution in [0.25, 0.3) is 0 Å². The van der Waals surface area contributed by atoms with Crippen LogP contribution in [-0.2, 0) is 14.3 Å². The maximum Gasteiger partial charge on any atom is 0.326 e. The van der Waals surface area contributed by atoms with Crippen molar-refractivity contribution in [2.75, 3.05) is 18.5 Å². The van der Waals surface area contributed by atoms with E-state index in [-0.39, 0.29) is 11.1 Å². The molecule has 7 nitrogen and oxygen atoms in total. The molecule has 0 aliphatic carbocycles. The molecule has 0 atom stereocenters. The number of ether oxygens (including phenoxy) is 1. The van der Waals surface area contributed by atoms with Gasteiger partial charge in [-0.05, 0) is 44.0 Å². The van der Waals surface area contributed by atoms with Crippen molar-refractivity contribution in [1.29, 1.82) is 0 Å². The Balaban J connectivity index is 1.56. The lowest BCUT2D eigenvalue weighted by atomic mass is 10.1. The summed E-state index contributed by atoms with van der Waals surface area (Å²) in [5, 5.41) is 2.72. The van der Waals surface area contributed by atoms with Gasteiger partial charge in [-0.2, -0.15) is 0 Å². The molecule has 7 heteroatoms. The molecule has 0 saturated carbocycles. The lowest BCUT2D eigenvalue weighted by Gasteiger charge is -2.14. The van der Waals surface area contributed by atoms with Crippen LogP contribution in [0.1, 0.15) is 37.4 Å². The number of nitrogens with zero attached hydrogens (tertiary/aromatic N) is 1. The van der Waals surface area contributed by atoms with Gasteiger partial charge >= 0.3 is 5.97 Å². The lowest BCUT2D eigenvalue weighted by Crippen LogP contribution is -2.36. The molecule has 0 spiro atoms. The molecule has 28 heavy (non-hydrogen) atoms. The number of hydrogen-bond donors (Lipinski definition) is 1. The first-order valence-corrected chi connectivity index (χ1v) is 8.76. The van der Waals surface area contributed by atoms with Gasteiger partial charge < -0.3 is 10.1 Å². The first kappa shape index (κ1) is 19.3. The van der Waals surface area contributed by atoms with Crippen LogP contribution in [0.2, 0.25) is 0 Å². The fraction of sp³-hybridized carbons (Fsp3) is 0.238. The van der Waals surface area contributed by atoms with Gasteiger partial charge in [-0.15, -0.1) is 0 Å². The zero-order valence-electron chi connectivity index (χ0n) is 15.9. The molecule has 1 aliphatic rings. The van der Waals surface area contributed by atoms with Crippen LogP contribution < -0.4 is 5.32 Å². The minimum Gasteiger partial charge on any atom is -0.454 e. The summed E-state index contributed by atoms with van der Waals surface area (Å²) in [7, 11) is 0.